The van der Waals surface area contributed by atoms with Crippen LogP contribution in [0.5, 0.6) is 5.75 Å². The van der Waals surface area contributed by atoms with E-state index < -0.39 is 0 Å². The van der Waals surface area contributed by atoms with E-state index >= 15 is 0 Å². The molecule has 3 heterocycles. The zero-order valence-corrected chi connectivity index (χ0v) is 18.4. The van der Waals surface area contributed by atoms with Gasteiger partial charge < -0.3 is 15.0 Å². The van der Waals surface area contributed by atoms with Gasteiger partial charge in [0.25, 0.3) is 5.91 Å². The number of hydrogen-bond donors (Lipinski definition) is 3. The van der Waals surface area contributed by atoms with E-state index in [1.165, 1.54) is 11.3 Å². The maximum atomic E-state index is 13.0. The third-order valence-electron chi connectivity index (χ3n) is 4.85. The van der Waals surface area contributed by atoms with Crippen LogP contribution in [0.25, 0.3) is 11.3 Å². The van der Waals surface area contributed by atoms with Crippen molar-refractivity contribution in [1.82, 2.24) is 25.4 Å². The van der Waals surface area contributed by atoms with Crippen LogP contribution in [-0.2, 0) is 13.0 Å². The van der Waals surface area contributed by atoms with Gasteiger partial charge >= 0.3 is 6.03 Å². The minimum atomic E-state index is -0.282. The third-order valence-corrected chi connectivity index (χ3v) is 5.85. The number of aromatic nitrogens is 3. The highest BCUT2D eigenvalue weighted by Crippen LogP contribution is 2.31. The number of aromatic amines is 1. The molecule has 1 aliphatic heterocycles. The van der Waals surface area contributed by atoms with Gasteiger partial charge in [0.2, 0.25) is 0 Å². The van der Waals surface area contributed by atoms with Crippen molar-refractivity contribution in [3.8, 4) is 17.0 Å². The number of H-pyrrole nitrogens is 1. The first-order valence-electron chi connectivity index (χ1n) is 9.98. The fraction of sp³-hybridized carbons (Fsp3) is 0.333. The Labute approximate surface area is 183 Å². The second kappa shape index (κ2) is 8.76. The molecule has 4 rings (SSSR count). The molecule has 0 radical (unpaired) electrons. The number of rotatable bonds is 5. The molecule has 0 fully saturated rings. The first-order chi connectivity index (χ1) is 14.9. The maximum Gasteiger partial charge on any atom is 0.321 e. The number of anilines is 1. The summed E-state index contributed by atoms with van der Waals surface area (Å²) in [5, 5.41) is 13.2. The summed E-state index contributed by atoms with van der Waals surface area (Å²) in [5.41, 5.74) is 2.81. The van der Waals surface area contributed by atoms with Crippen LogP contribution in [-0.4, -0.2) is 51.7 Å². The van der Waals surface area contributed by atoms with E-state index in [-0.39, 0.29) is 18.0 Å². The lowest BCUT2D eigenvalue weighted by atomic mass is 10.1. The number of amides is 3. The molecule has 3 amide bonds. The molecule has 10 heteroatoms. The molecule has 0 unspecified atom stereocenters. The largest absolute Gasteiger partial charge is 0.496 e. The highest BCUT2D eigenvalue weighted by Gasteiger charge is 2.26. The van der Waals surface area contributed by atoms with Crippen LogP contribution in [0.1, 0.15) is 34.9 Å². The summed E-state index contributed by atoms with van der Waals surface area (Å²) in [5.74, 6) is 0.571. The molecule has 0 aliphatic carbocycles. The number of ether oxygens (including phenoxy) is 1. The molecule has 162 valence electrons. The van der Waals surface area contributed by atoms with Crippen molar-refractivity contribution < 1.29 is 14.3 Å². The van der Waals surface area contributed by atoms with Gasteiger partial charge in [-0.25, -0.2) is 9.78 Å². The summed E-state index contributed by atoms with van der Waals surface area (Å²) < 4.78 is 5.39. The Morgan fingerprint density at radius 3 is 2.87 bits per heavy atom. The Kier molecular flexibility index (Phi) is 5.90. The van der Waals surface area contributed by atoms with Gasteiger partial charge in [-0.05, 0) is 32.0 Å². The summed E-state index contributed by atoms with van der Waals surface area (Å²) in [6.45, 7) is 4.79. The maximum absolute atomic E-state index is 13.0. The highest BCUT2D eigenvalue weighted by molar-refractivity contribution is 7.15. The number of para-hydroxylation sites is 1. The minimum absolute atomic E-state index is 0.0397. The minimum Gasteiger partial charge on any atom is -0.496 e. The summed E-state index contributed by atoms with van der Waals surface area (Å²) in [6, 6.07) is 9.04. The van der Waals surface area contributed by atoms with Crippen LogP contribution < -0.4 is 15.4 Å². The van der Waals surface area contributed by atoms with Crippen molar-refractivity contribution in [1.29, 1.82) is 0 Å². The fourth-order valence-electron chi connectivity index (χ4n) is 3.41. The average Bonchev–Trinajstić information content (AvgIpc) is 3.38. The molecule has 2 aromatic heterocycles. The molecule has 0 saturated carbocycles. The van der Waals surface area contributed by atoms with Crippen molar-refractivity contribution in [3.05, 3.63) is 46.6 Å². The number of carbonyl (C=O) groups is 2. The van der Waals surface area contributed by atoms with E-state index in [2.05, 4.69) is 25.8 Å². The van der Waals surface area contributed by atoms with Crippen LogP contribution in [0.3, 0.4) is 0 Å². The summed E-state index contributed by atoms with van der Waals surface area (Å²) >= 11 is 1.39. The zero-order valence-electron chi connectivity index (χ0n) is 17.6. The Morgan fingerprint density at radius 2 is 2.10 bits per heavy atom. The number of carbonyl (C=O) groups excluding carboxylic acids is 2. The van der Waals surface area contributed by atoms with Crippen molar-refractivity contribution in [2.24, 2.45) is 0 Å². The predicted molar refractivity (Wildman–Crippen MR) is 118 cm³/mol. The van der Waals surface area contributed by atoms with Crippen LogP contribution in [0.2, 0.25) is 0 Å². The number of hydrogen-bond acceptors (Lipinski definition) is 6. The van der Waals surface area contributed by atoms with Gasteiger partial charge in [0.15, 0.2) is 5.13 Å². The van der Waals surface area contributed by atoms with E-state index in [0.29, 0.717) is 41.8 Å². The van der Waals surface area contributed by atoms with Crippen molar-refractivity contribution in [3.63, 3.8) is 0 Å². The summed E-state index contributed by atoms with van der Waals surface area (Å²) in [6.07, 6.45) is 0.637. The lowest BCUT2D eigenvalue weighted by molar-refractivity contribution is 0.0730. The number of urea groups is 1. The fourth-order valence-corrected chi connectivity index (χ4v) is 4.43. The lowest BCUT2D eigenvalue weighted by Crippen LogP contribution is -2.35. The number of methoxy groups -OCH3 is 1. The smallest absolute Gasteiger partial charge is 0.321 e. The zero-order chi connectivity index (χ0) is 22.0. The molecule has 0 spiro atoms. The van der Waals surface area contributed by atoms with Gasteiger partial charge in [-0.2, -0.15) is 5.10 Å². The molecular weight excluding hydrogens is 416 g/mol. The third kappa shape index (κ3) is 4.53. The van der Waals surface area contributed by atoms with Gasteiger partial charge in [-0.15, -0.1) is 0 Å². The number of fused-ring (bicyclic) bond motifs is 1. The molecule has 3 N–H and O–H groups in total. The second-order valence-electron chi connectivity index (χ2n) is 7.49. The standard InChI is InChI=1S/C21H24N6O3S/c1-12(2)22-20(29)24-21-23-14-8-9-27(11-18(14)31-21)19(28)16-10-15(25-26-16)13-6-4-5-7-17(13)30-3/h4-7,10,12H,8-9,11H2,1-3H3,(H,25,26)(H2,22,23,24,29). The van der Waals surface area contributed by atoms with E-state index in [1.54, 1.807) is 18.1 Å². The Balaban J connectivity index is 1.46. The normalized spacial score (nSPS) is 13.1. The molecule has 0 bridgehead atoms. The lowest BCUT2D eigenvalue weighted by Gasteiger charge is -2.25. The van der Waals surface area contributed by atoms with Crippen LogP contribution in [0, 0.1) is 0 Å². The van der Waals surface area contributed by atoms with Gasteiger partial charge in [0.05, 0.1) is 25.0 Å². The van der Waals surface area contributed by atoms with Crippen LogP contribution in [0.15, 0.2) is 30.3 Å². The van der Waals surface area contributed by atoms with Crippen molar-refractivity contribution in [2.45, 2.75) is 32.9 Å². The van der Waals surface area contributed by atoms with Gasteiger partial charge in [-0.3, -0.25) is 15.2 Å². The Hall–Kier alpha value is -3.40. The number of nitrogens with zero attached hydrogens (tertiary/aromatic N) is 3. The van der Waals surface area contributed by atoms with Crippen LogP contribution in [0.4, 0.5) is 9.93 Å². The quantitative estimate of drug-likeness (QED) is 0.564. The molecule has 31 heavy (non-hydrogen) atoms. The number of nitrogens with one attached hydrogen (secondary N) is 3. The summed E-state index contributed by atoms with van der Waals surface area (Å²) in [4.78, 5) is 32.2. The highest BCUT2D eigenvalue weighted by atomic mass is 32.1. The second-order valence-corrected chi connectivity index (χ2v) is 8.57. The first kappa shape index (κ1) is 20.9. The average molecular weight is 441 g/mol. The molecule has 1 aliphatic rings. The van der Waals surface area contributed by atoms with Gasteiger partial charge in [0, 0.05) is 29.4 Å². The Bertz CT molecular complexity index is 1110. The van der Waals surface area contributed by atoms with Crippen molar-refractivity contribution in [2.75, 3.05) is 19.0 Å². The summed E-state index contributed by atoms with van der Waals surface area (Å²) in [7, 11) is 1.60. The first-order valence-corrected chi connectivity index (χ1v) is 10.8. The molecule has 0 saturated heterocycles. The molecule has 3 aromatic rings. The molecule has 9 nitrogen and oxygen atoms in total. The van der Waals surface area contributed by atoms with Gasteiger partial charge in [-0.1, -0.05) is 23.5 Å². The Morgan fingerprint density at radius 1 is 1.29 bits per heavy atom. The van der Waals surface area contributed by atoms with E-state index in [9.17, 15) is 9.59 Å². The monoisotopic (exact) mass is 440 g/mol. The number of thiazole rings is 1. The number of benzene rings is 1. The van der Waals surface area contributed by atoms with Crippen molar-refractivity contribution >= 4 is 28.4 Å². The van der Waals surface area contributed by atoms with E-state index in [1.807, 2.05) is 38.1 Å². The van der Waals surface area contributed by atoms with E-state index in [4.69, 9.17) is 4.74 Å². The van der Waals surface area contributed by atoms with E-state index in [0.717, 1.165) is 16.1 Å². The van der Waals surface area contributed by atoms with Crippen LogP contribution >= 0.6 is 11.3 Å². The van der Waals surface area contributed by atoms with Gasteiger partial charge in [0.1, 0.15) is 11.4 Å². The molecule has 1 aromatic carbocycles. The predicted octanol–water partition coefficient (Wildman–Crippen LogP) is 3.27. The molecule has 0 atom stereocenters. The topological polar surface area (TPSA) is 112 Å². The SMILES string of the molecule is COc1ccccc1-c1cc(C(=O)N2CCc3nc(NC(=O)NC(C)C)sc3C2)[nH]n1. The molecular formula is C21H24N6O3S.